The van der Waals surface area contributed by atoms with Gasteiger partial charge in [0, 0.05) is 19.1 Å². The molecule has 2 rings (SSSR count). The first-order valence-electron chi connectivity index (χ1n) is 8.06. The van der Waals surface area contributed by atoms with Crippen LogP contribution in [0, 0.1) is 11.3 Å². The zero-order chi connectivity index (χ0) is 15.6. The van der Waals surface area contributed by atoms with Crippen molar-refractivity contribution in [3.8, 4) is 0 Å². The molecule has 1 heterocycles. The van der Waals surface area contributed by atoms with E-state index in [9.17, 15) is 9.59 Å². The minimum atomic E-state index is -0.919. The van der Waals surface area contributed by atoms with E-state index in [1.54, 1.807) is 4.90 Å². The standard InChI is InChI=1S/C16H28N2O3/c1-16(2,3)12-5-4-9-17(10-8-12)15(21)18(11-14(19)20)13-6-7-13/h12-13H,4-11H2,1-3H3,(H,19,20). The first kappa shape index (κ1) is 16.1. The molecule has 5 heteroatoms. The topological polar surface area (TPSA) is 60.9 Å². The number of hydrogen-bond acceptors (Lipinski definition) is 2. The predicted octanol–water partition coefficient (Wildman–Crippen LogP) is 2.80. The molecule has 0 aromatic rings. The minimum Gasteiger partial charge on any atom is -0.480 e. The van der Waals surface area contributed by atoms with Crippen molar-refractivity contribution in [1.29, 1.82) is 0 Å². The lowest BCUT2D eigenvalue weighted by Gasteiger charge is -2.31. The lowest BCUT2D eigenvalue weighted by Crippen LogP contribution is -2.47. The molecular formula is C16H28N2O3. The van der Waals surface area contributed by atoms with Crippen LogP contribution in [0.15, 0.2) is 0 Å². The molecule has 0 radical (unpaired) electrons. The van der Waals surface area contributed by atoms with E-state index >= 15 is 0 Å². The number of rotatable bonds is 3. The van der Waals surface area contributed by atoms with E-state index in [0.29, 0.717) is 5.92 Å². The van der Waals surface area contributed by atoms with Gasteiger partial charge in [0.15, 0.2) is 0 Å². The van der Waals surface area contributed by atoms with Crippen LogP contribution in [0.1, 0.15) is 52.9 Å². The molecular weight excluding hydrogens is 268 g/mol. The number of carbonyl (C=O) groups excluding carboxylic acids is 1. The van der Waals surface area contributed by atoms with Gasteiger partial charge < -0.3 is 14.9 Å². The van der Waals surface area contributed by atoms with E-state index in [0.717, 1.165) is 45.2 Å². The highest BCUT2D eigenvalue weighted by Crippen LogP contribution is 2.35. The van der Waals surface area contributed by atoms with E-state index in [1.807, 2.05) is 4.90 Å². The quantitative estimate of drug-likeness (QED) is 0.871. The number of amides is 2. The lowest BCUT2D eigenvalue weighted by molar-refractivity contribution is -0.137. The van der Waals surface area contributed by atoms with Gasteiger partial charge in [-0.1, -0.05) is 20.8 Å². The average molecular weight is 296 g/mol. The number of hydrogen-bond donors (Lipinski definition) is 1. The number of urea groups is 1. The molecule has 2 amide bonds. The third-order valence-electron chi connectivity index (χ3n) is 4.76. The Morgan fingerprint density at radius 2 is 1.81 bits per heavy atom. The van der Waals surface area contributed by atoms with Gasteiger partial charge in [-0.25, -0.2) is 4.79 Å². The average Bonchev–Trinajstić information content (AvgIpc) is 3.19. The van der Waals surface area contributed by atoms with Gasteiger partial charge in [0.25, 0.3) is 0 Å². The molecule has 2 aliphatic rings. The van der Waals surface area contributed by atoms with Crippen molar-refractivity contribution in [2.24, 2.45) is 11.3 Å². The minimum absolute atomic E-state index is 0.0746. The molecule has 1 saturated carbocycles. The number of carbonyl (C=O) groups is 2. The highest BCUT2D eigenvalue weighted by atomic mass is 16.4. The van der Waals surface area contributed by atoms with Crippen LogP contribution < -0.4 is 0 Å². The van der Waals surface area contributed by atoms with E-state index < -0.39 is 5.97 Å². The van der Waals surface area contributed by atoms with Crippen molar-refractivity contribution >= 4 is 12.0 Å². The van der Waals surface area contributed by atoms with Gasteiger partial charge in [0.05, 0.1) is 0 Å². The Labute approximate surface area is 127 Å². The second-order valence-electron chi connectivity index (χ2n) is 7.52. The molecule has 120 valence electrons. The lowest BCUT2D eigenvalue weighted by atomic mass is 9.77. The predicted molar refractivity (Wildman–Crippen MR) is 81.1 cm³/mol. The summed E-state index contributed by atoms with van der Waals surface area (Å²) in [6.07, 6.45) is 5.06. The van der Waals surface area contributed by atoms with Crippen molar-refractivity contribution in [1.82, 2.24) is 9.80 Å². The van der Waals surface area contributed by atoms with Crippen LogP contribution in [0.25, 0.3) is 0 Å². The smallest absolute Gasteiger partial charge is 0.323 e. The van der Waals surface area contributed by atoms with Gasteiger partial charge in [-0.15, -0.1) is 0 Å². The van der Waals surface area contributed by atoms with Crippen LogP contribution in [-0.4, -0.2) is 52.6 Å². The molecule has 0 aromatic carbocycles. The molecule has 1 unspecified atom stereocenters. The second-order valence-corrected chi connectivity index (χ2v) is 7.52. The number of carboxylic acid groups (broad SMARTS) is 1. The Morgan fingerprint density at radius 3 is 2.33 bits per heavy atom. The molecule has 21 heavy (non-hydrogen) atoms. The van der Waals surface area contributed by atoms with Crippen LogP contribution in [0.4, 0.5) is 4.79 Å². The Kier molecular flexibility index (Phi) is 4.79. The summed E-state index contributed by atoms with van der Waals surface area (Å²) in [5.41, 5.74) is 0.274. The number of nitrogens with zero attached hydrogens (tertiary/aromatic N) is 2. The molecule has 5 nitrogen and oxygen atoms in total. The molecule has 0 aromatic heterocycles. The summed E-state index contributed by atoms with van der Waals surface area (Å²) in [5.74, 6) is -0.290. The first-order valence-corrected chi connectivity index (χ1v) is 8.06. The second kappa shape index (κ2) is 6.24. The summed E-state index contributed by atoms with van der Waals surface area (Å²) in [6, 6.07) is 0.0738. The summed E-state index contributed by atoms with van der Waals surface area (Å²) >= 11 is 0. The third kappa shape index (κ3) is 4.35. The van der Waals surface area contributed by atoms with Gasteiger partial charge in [-0.2, -0.15) is 0 Å². The van der Waals surface area contributed by atoms with Crippen molar-refractivity contribution in [2.75, 3.05) is 19.6 Å². The summed E-state index contributed by atoms with van der Waals surface area (Å²) in [4.78, 5) is 27.0. The zero-order valence-corrected chi connectivity index (χ0v) is 13.5. The van der Waals surface area contributed by atoms with Crippen molar-refractivity contribution < 1.29 is 14.7 Å². The Bertz CT molecular complexity index is 399. The number of likely N-dealkylation sites (tertiary alicyclic amines) is 1. The maximum atomic E-state index is 12.6. The Balaban J connectivity index is 1.97. The molecule has 0 spiro atoms. The largest absolute Gasteiger partial charge is 0.480 e. The molecule has 1 aliphatic carbocycles. The molecule has 1 atom stereocenters. The SMILES string of the molecule is CC(C)(C)C1CCCN(C(=O)N(CC(=O)O)C2CC2)CC1. The Hall–Kier alpha value is -1.26. The molecule has 1 saturated heterocycles. The van der Waals surface area contributed by atoms with Crippen LogP contribution in [-0.2, 0) is 4.79 Å². The third-order valence-corrected chi connectivity index (χ3v) is 4.76. The highest BCUT2D eigenvalue weighted by Gasteiger charge is 2.37. The van der Waals surface area contributed by atoms with Crippen LogP contribution in [0.5, 0.6) is 0 Å². The molecule has 1 aliphatic heterocycles. The highest BCUT2D eigenvalue weighted by molar-refractivity contribution is 5.80. The maximum Gasteiger partial charge on any atom is 0.323 e. The monoisotopic (exact) mass is 296 g/mol. The normalized spacial score (nSPS) is 23.6. The van der Waals surface area contributed by atoms with E-state index in [1.165, 1.54) is 0 Å². The molecule has 0 bridgehead atoms. The van der Waals surface area contributed by atoms with Gasteiger partial charge in [-0.05, 0) is 43.4 Å². The van der Waals surface area contributed by atoms with Gasteiger partial charge in [0.1, 0.15) is 6.54 Å². The Morgan fingerprint density at radius 1 is 1.14 bits per heavy atom. The van der Waals surface area contributed by atoms with E-state index in [-0.39, 0.29) is 24.0 Å². The maximum absolute atomic E-state index is 12.6. The van der Waals surface area contributed by atoms with Crippen molar-refractivity contribution in [3.05, 3.63) is 0 Å². The number of aliphatic carboxylic acids is 1. The summed E-state index contributed by atoms with van der Waals surface area (Å²) in [5, 5.41) is 9.00. The van der Waals surface area contributed by atoms with Gasteiger partial charge >= 0.3 is 12.0 Å². The van der Waals surface area contributed by atoms with Crippen molar-refractivity contribution in [2.45, 2.75) is 58.9 Å². The molecule has 1 N–H and O–H groups in total. The van der Waals surface area contributed by atoms with Crippen LogP contribution in [0.2, 0.25) is 0 Å². The van der Waals surface area contributed by atoms with Crippen LogP contribution in [0.3, 0.4) is 0 Å². The first-order chi connectivity index (χ1) is 9.79. The van der Waals surface area contributed by atoms with Crippen LogP contribution >= 0.6 is 0 Å². The summed E-state index contributed by atoms with van der Waals surface area (Å²) in [6.45, 7) is 8.13. The fraction of sp³-hybridized carbons (Fsp3) is 0.875. The fourth-order valence-electron chi connectivity index (χ4n) is 3.22. The fourth-order valence-corrected chi connectivity index (χ4v) is 3.22. The summed E-state index contributed by atoms with van der Waals surface area (Å²) in [7, 11) is 0. The van der Waals surface area contributed by atoms with Gasteiger partial charge in [-0.3, -0.25) is 4.79 Å². The van der Waals surface area contributed by atoms with E-state index in [2.05, 4.69) is 20.8 Å². The van der Waals surface area contributed by atoms with Crippen molar-refractivity contribution in [3.63, 3.8) is 0 Å². The molecule has 2 fully saturated rings. The van der Waals surface area contributed by atoms with E-state index in [4.69, 9.17) is 5.11 Å². The number of carboxylic acids is 1. The zero-order valence-electron chi connectivity index (χ0n) is 13.5. The van der Waals surface area contributed by atoms with Gasteiger partial charge in [0.2, 0.25) is 0 Å². The summed E-state index contributed by atoms with van der Waals surface area (Å²) < 4.78 is 0.